The Balaban J connectivity index is 1.90. The molecule has 0 amide bonds. The molecule has 0 aliphatic heterocycles. The molecule has 1 aromatic carbocycles. The summed E-state index contributed by atoms with van der Waals surface area (Å²) in [6.45, 7) is 5.15. The van der Waals surface area contributed by atoms with E-state index in [0.717, 1.165) is 24.7 Å². The summed E-state index contributed by atoms with van der Waals surface area (Å²) < 4.78 is 19.8. The van der Waals surface area contributed by atoms with Crippen LogP contribution < -0.4 is 5.32 Å². The van der Waals surface area contributed by atoms with Crippen molar-refractivity contribution in [3.8, 4) is 0 Å². The lowest BCUT2D eigenvalue weighted by Gasteiger charge is -2.33. The van der Waals surface area contributed by atoms with Crippen LogP contribution in [0.5, 0.6) is 0 Å². The van der Waals surface area contributed by atoms with E-state index in [1.807, 2.05) is 19.2 Å². The van der Waals surface area contributed by atoms with E-state index in [9.17, 15) is 4.39 Å². The molecule has 0 spiro atoms. The largest absolute Gasteiger partial charge is 0.376 e. The number of halogens is 1. The van der Waals surface area contributed by atoms with Gasteiger partial charge in [0, 0.05) is 5.56 Å². The molecule has 0 aromatic heterocycles. The molecular weight excluding hydrogens is 253 g/mol. The molecule has 112 valence electrons. The molecule has 2 nitrogen and oxygen atoms in total. The van der Waals surface area contributed by atoms with E-state index in [4.69, 9.17) is 4.74 Å². The van der Waals surface area contributed by atoms with Gasteiger partial charge in [0.25, 0.3) is 0 Å². The molecule has 4 unspecified atom stereocenters. The highest BCUT2D eigenvalue weighted by Crippen LogP contribution is 2.31. The standard InChI is InChI=1S/C17H26FNO/c1-12-8-9-14(10-13(12)2)20-11-17(19-3)15-6-4-5-7-16(15)18/h4-7,12-14,17,19H,8-11H2,1-3H3. The van der Waals surface area contributed by atoms with E-state index >= 15 is 0 Å². The monoisotopic (exact) mass is 279 g/mol. The van der Waals surface area contributed by atoms with E-state index in [0.29, 0.717) is 18.3 Å². The van der Waals surface area contributed by atoms with Crippen molar-refractivity contribution in [3.63, 3.8) is 0 Å². The van der Waals surface area contributed by atoms with Gasteiger partial charge in [0.05, 0.1) is 18.8 Å². The summed E-state index contributed by atoms with van der Waals surface area (Å²) in [6, 6.07) is 6.84. The second-order valence-electron chi connectivity index (χ2n) is 6.09. The van der Waals surface area contributed by atoms with Crippen LogP contribution in [0.3, 0.4) is 0 Å². The molecule has 1 saturated carbocycles. The molecule has 2 rings (SSSR count). The van der Waals surface area contributed by atoms with Crippen molar-refractivity contribution in [1.29, 1.82) is 0 Å². The molecule has 1 aliphatic rings. The van der Waals surface area contributed by atoms with Crippen molar-refractivity contribution in [2.75, 3.05) is 13.7 Å². The zero-order chi connectivity index (χ0) is 14.5. The van der Waals surface area contributed by atoms with Crippen LogP contribution in [0, 0.1) is 17.7 Å². The highest BCUT2D eigenvalue weighted by atomic mass is 19.1. The van der Waals surface area contributed by atoms with Crippen LogP contribution in [0.15, 0.2) is 24.3 Å². The molecule has 1 aliphatic carbocycles. The van der Waals surface area contributed by atoms with Crippen molar-refractivity contribution in [2.24, 2.45) is 11.8 Å². The number of rotatable bonds is 5. The fraction of sp³-hybridized carbons (Fsp3) is 0.647. The van der Waals surface area contributed by atoms with Crippen LogP contribution in [-0.2, 0) is 4.74 Å². The Morgan fingerprint density at radius 3 is 2.65 bits per heavy atom. The van der Waals surface area contributed by atoms with Gasteiger partial charge in [0.15, 0.2) is 0 Å². The van der Waals surface area contributed by atoms with Gasteiger partial charge in [-0.15, -0.1) is 0 Å². The molecular formula is C17H26FNO. The molecule has 0 saturated heterocycles. The minimum Gasteiger partial charge on any atom is -0.376 e. The predicted molar refractivity (Wildman–Crippen MR) is 80.1 cm³/mol. The van der Waals surface area contributed by atoms with Crippen molar-refractivity contribution in [3.05, 3.63) is 35.6 Å². The molecule has 20 heavy (non-hydrogen) atoms. The number of hydrogen-bond acceptors (Lipinski definition) is 2. The fourth-order valence-electron chi connectivity index (χ4n) is 2.97. The Morgan fingerprint density at radius 1 is 1.25 bits per heavy atom. The number of likely N-dealkylation sites (N-methyl/N-ethyl adjacent to an activating group) is 1. The van der Waals surface area contributed by atoms with E-state index in [1.165, 1.54) is 12.5 Å². The number of benzene rings is 1. The van der Waals surface area contributed by atoms with Crippen LogP contribution in [0.4, 0.5) is 4.39 Å². The first-order valence-electron chi connectivity index (χ1n) is 7.65. The van der Waals surface area contributed by atoms with Crippen LogP contribution in [0.2, 0.25) is 0 Å². The number of nitrogens with one attached hydrogen (secondary N) is 1. The first kappa shape index (κ1) is 15.5. The smallest absolute Gasteiger partial charge is 0.128 e. The molecule has 3 heteroatoms. The van der Waals surface area contributed by atoms with Crippen LogP contribution in [0.1, 0.15) is 44.7 Å². The van der Waals surface area contributed by atoms with E-state index in [2.05, 4.69) is 19.2 Å². The summed E-state index contributed by atoms with van der Waals surface area (Å²) in [5, 5.41) is 3.15. The fourth-order valence-corrected chi connectivity index (χ4v) is 2.97. The molecule has 0 radical (unpaired) electrons. The first-order valence-corrected chi connectivity index (χ1v) is 7.65. The quantitative estimate of drug-likeness (QED) is 0.882. The normalized spacial score (nSPS) is 28.3. The molecule has 0 bridgehead atoms. The summed E-state index contributed by atoms with van der Waals surface area (Å²) in [4.78, 5) is 0. The minimum atomic E-state index is -0.166. The summed E-state index contributed by atoms with van der Waals surface area (Å²) in [7, 11) is 1.85. The van der Waals surface area contributed by atoms with E-state index in [-0.39, 0.29) is 11.9 Å². The third kappa shape index (κ3) is 3.80. The molecule has 0 heterocycles. The zero-order valence-corrected chi connectivity index (χ0v) is 12.7. The van der Waals surface area contributed by atoms with Gasteiger partial charge in [-0.25, -0.2) is 4.39 Å². The van der Waals surface area contributed by atoms with Gasteiger partial charge in [-0.05, 0) is 44.2 Å². The van der Waals surface area contributed by atoms with Crippen molar-refractivity contribution < 1.29 is 9.13 Å². The third-order valence-corrected chi connectivity index (χ3v) is 4.68. The Kier molecular flexibility index (Phi) is 5.55. The minimum absolute atomic E-state index is 0.0779. The van der Waals surface area contributed by atoms with Gasteiger partial charge in [0.2, 0.25) is 0 Å². The average Bonchev–Trinajstić information content (AvgIpc) is 2.45. The number of ether oxygens (including phenoxy) is 1. The summed E-state index contributed by atoms with van der Waals surface area (Å²) in [6.07, 6.45) is 3.80. The Morgan fingerprint density at radius 2 is 2.00 bits per heavy atom. The maximum atomic E-state index is 13.8. The van der Waals surface area contributed by atoms with E-state index in [1.54, 1.807) is 6.07 Å². The Hall–Kier alpha value is -0.930. The van der Waals surface area contributed by atoms with Gasteiger partial charge in [-0.3, -0.25) is 0 Å². The zero-order valence-electron chi connectivity index (χ0n) is 12.7. The maximum Gasteiger partial charge on any atom is 0.128 e. The molecule has 1 fully saturated rings. The second-order valence-corrected chi connectivity index (χ2v) is 6.09. The van der Waals surface area contributed by atoms with Crippen molar-refractivity contribution in [1.82, 2.24) is 5.32 Å². The lowest BCUT2D eigenvalue weighted by Crippen LogP contribution is -2.30. The first-order chi connectivity index (χ1) is 9.61. The van der Waals surface area contributed by atoms with Gasteiger partial charge >= 0.3 is 0 Å². The molecule has 1 aromatic rings. The second kappa shape index (κ2) is 7.19. The van der Waals surface area contributed by atoms with Gasteiger partial charge < -0.3 is 10.1 Å². The van der Waals surface area contributed by atoms with Crippen LogP contribution in [-0.4, -0.2) is 19.8 Å². The van der Waals surface area contributed by atoms with Crippen LogP contribution >= 0.6 is 0 Å². The maximum absolute atomic E-state index is 13.8. The lowest BCUT2D eigenvalue weighted by atomic mass is 9.80. The van der Waals surface area contributed by atoms with Gasteiger partial charge in [-0.1, -0.05) is 32.0 Å². The SMILES string of the molecule is CNC(COC1CCC(C)C(C)C1)c1ccccc1F. The Labute approximate surface area is 121 Å². The summed E-state index contributed by atoms with van der Waals surface area (Å²) >= 11 is 0. The van der Waals surface area contributed by atoms with Gasteiger partial charge in [0.1, 0.15) is 5.82 Å². The highest BCUT2D eigenvalue weighted by Gasteiger charge is 2.26. The molecule has 1 N–H and O–H groups in total. The van der Waals surface area contributed by atoms with Crippen molar-refractivity contribution in [2.45, 2.75) is 45.3 Å². The Bertz CT molecular complexity index is 423. The highest BCUT2D eigenvalue weighted by molar-refractivity contribution is 5.21. The summed E-state index contributed by atoms with van der Waals surface area (Å²) in [5.74, 6) is 1.35. The van der Waals surface area contributed by atoms with E-state index < -0.39 is 0 Å². The van der Waals surface area contributed by atoms with Gasteiger partial charge in [-0.2, -0.15) is 0 Å². The molecule has 4 atom stereocenters. The van der Waals surface area contributed by atoms with Crippen molar-refractivity contribution >= 4 is 0 Å². The number of hydrogen-bond donors (Lipinski definition) is 1. The topological polar surface area (TPSA) is 21.3 Å². The third-order valence-electron chi connectivity index (χ3n) is 4.68. The van der Waals surface area contributed by atoms with Crippen LogP contribution in [0.25, 0.3) is 0 Å². The predicted octanol–water partition coefficient (Wildman–Crippen LogP) is 3.93. The average molecular weight is 279 g/mol. The lowest BCUT2D eigenvalue weighted by molar-refractivity contribution is -0.00717. The summed E-state index contributed by atoms with van der Waals surface area (Å²) in [5.41, 5.74) is 0.687.